The van der Waals surface area contributed by atoms with E-state index < -0.39 is 0 Å². The molecule has 31 heavy (non-hydrogen) atoms. The maximum Gasteiger partial charge on any atom is 0.231 e. The highest BCUT2D eigenvalue weighted by Crippen LogP contribution is 2.41. The highest BCUT2D eigenvalue weighted by molar-refractivity contribution is 7.99. The zero-order valence-corrected chi connectivity index (χ0v) is 19.0. The number of carbonyl (C=O) groups is 1. The van der Waals surface area contributed by atoms with Gasteiger partial charge in [-0.3, -0.25) is 4.79 Å². The van der Waals surface area contributed by atoms with Crippen LogP contribution in [0.3, 0.4) is 0 Å². The van der Waals surface area contributed by atoms with E-state index in [0.717, 1.165) is 28.7 Å². The number of ketones is 1. The van der Waals surface area contributed by atoms with Crippen molar-refractivity contribution in [3.05, 3.63) is 30.0 Å². The standard InChI is InChI=1S/C22H27N5O3S/c1-13(28)14-9-16-17(30-12-29-16)10-18(14)31-21-26-19-15(5-6-25-20(19)23)27(21)8-7-24-11-22(2,3)4/h5-6,9-10,24H,7-8,11-12H2,1-4H3,(H2,23,25). The number of carbonyl (C=O) groups excluding carboxylic acids is 1. The molecule has 2 aromatic heterocycles. The minimum Gasteiger partial charge on any atom is -0.454 e. The van der Waals surface area contributed by atoms with Crippen LogP contribution in [0.2, 0.25) is 0 Å². The molecule has 3 heterocycles. The van der Waals surface area contributed by atoms with Gasteiger partial charge < -0.3 is 25.1 Å². The van der Waals surface area contributed by atoms with Crippen molar-refractivity contribution in [2.24, 2.45) is 5.41 Å². The molecular weight excluding hydrogens is 414 g/mol. The van der Waals surface area contributed by atoms with E-state index in [4.69, 9.17) is 20.2 Å². The summed E-state index contributed by atoms with van der Waals surface area (Å²) >= 11 is 1.42. The van der Waals surface area contributed by atoms with Crippen LogP contribution in [-0.2, 0) is 6.54 Å². The fourth-order valence-electron chi connectivity index (χ4n) is 3.38. The van der Waals surface area contributed by atoms with Crippen molar-refractivity contribution in [1.29, 1.82) is 0 Å². The van der Waals surface area contributed by atoms with Crippen LogP contribution in [-0.4, -0.2) is 40.2 Å². The highest BCUT2D eigenvalue weighted by Gasteiger charge is 2.22. The van der Waals surface area contributed by atoms with E-state index >= 15 is 0 Å². The van der Waals surface area contributed by atoms with Crippen LogP contribution < -0.4 is 20.5 Å². The van der Waals surface area contributed by atoms with Crippen molar-refractivity contribution in [3.63, 3.8) is 0 Å². The van der Waals surface area contributed by atoms with Gasteiger partial charge in [0.25, 0.3) is 0 Å². The second kappa shape index (κ2) is 8.39. The monoisotopic (exact) mass is 441 g/mol. The highest BCUT2D eigenvalue weighted by atomic mass is 32.2. The maximum atomic E-state index is 12.3. The summed E-state index contributed by atoms with van der Waals surface area (Å²) in [6.45, 7) is 10.7. The van der Waals surface area contributed by atoms with E-state index in [1.807, 2.05) is 12.1 Å². The molecule has 0 fully saturated rings. The lowest BCUT2D eigenvalue weighted by Crippen LogP contribution is -2.29. The number of hydrogen-bond donors (Lipinski definition) is 2. The van der Waals surface area contributed by atoms with E-state index in [-0.39, 0.29) is 18.0 Å². The maximum absolute atomic E-state index is 12.3. The minimum atomic E-state index is -0.0449. The SMILES string of the molecule is CC(=O)c1cc2c(cc1Sc1nc3c(N)nccc3n1CCNCC(C)(C)C)OCO2. The Hall–Kier alpha value is -2.78. The third-order valence-electron chi connectivity index (χ3n) is 4.88. The second-order valence-corrected chi connectivity index (χ2v) is 9.72. The number of nitrogen functional groups attached to an aromatic ring is 1. The molecule has 0 unspecified atom stereocenters. The third-order valence-corrected chi connectivity index (χ3v) is 5.94. The van der Waals surface area contributed by atoms with Gasteiger partial charge in [0.1, 0.15) is 5.52 Å². The molecule has 3 N–H and O–H groups in total. The molecule has 4 rings (SSSR count). The molecule has 8 nitrogen and oxygen atoms in total. The molecule has 1 aromatic carbocycles. The van der Waals surface area contributed by atoms with Crippen LogP contribution in [0.15, 0.2) is 34.4 Å². The van der Waals surface area contributed by atoms with E-state index in [2.05, 4.69) is 35.6 Å². The number of fused-ring (bicyclic) bond motifs is 2. The smallest absolute Gasteiger partial charge is 0.231 e. The molecule has 0 bridgehead atoms. The van der Waals surface area contributed by atoms with Gasteiger partial charge in [0.2, 0.25) is 6.79 Å². The van der Waals surface area contributed by atoms with Crippen LogP contribution in [0.5, 0.6) is 11.5 Å². The third kappa shape index (κ3) is 4.62. The first kappa shape index (κ1) is 21.5. The Balaban J connectivity index is 1.69. The van der Waals surface area contributed by atoms with Gasteiger partial charge in [0.05, 0.1) is 5.52 Å². The summed E-state index contributed by atoms with van der Waals surface area (Å²) in [5.74, 6) is 1.56. The van der Waals surface area contributed by atoms with E-state index in [1.54, 1.807) is 19.2 Å². The quantitative estimate of drug-likeness (QED) is 0.422. The summed E-state index contributed by atoms with van der Waals surface area (Å²) in [6.07, 6.45) is 1.69. The summed E-state index contributed by atoms with van der Waals surface area (Å²) in [6, 6.07) is 5.49. The molecular formula is C22H27N5O3S. The van der Waals surface area contributed by atoms with Crippen molar-refractivity contribution in [3.8, 4) is 11.5 Å². The molecule has 0 saturated carbocycles. The lowest BCUT2D eigenvalue weighted by Gasteiger charge is -2.19. The van der Waals surface area contributed by atoms with Gasteiger partial charge >= 0.3 is 0 Å². The number of benzene rings is 1. The first-order valence-electron chi connectivity index (χ1n) is 10.2. The number of imidazole rings is 1. The zero-order valence-electron chi connectivity index (χ0n) is 18.2. The number of pyridine rings is 1. The number of Topliss-reactive ketones (excluding diaryl/α,β-unsaturated/α-hetero) is 1. The normalized spacial score (nSPS) is 13.2. The van der Waals surface area contributed by atoms with E-state index in [1.165, 1.54) is 11.8 Å². The van der Waals surface area contributed by atoms with Crippen LogP contribution in [0.4, 0.5) is 5.82 Å². The second-order valence-electron chi connectivity index (χ2n) is 8.71. The Morgan fingerprint density at radius 1 is 1.29 bits per heavy atom. The Bertz CT molecular complexity index is 1140. The molecule has 0 radical (unpaired) electrons. The number of aromatic nitrogens is 3. The molecule has 0 saturated heterocycles. The van der Waals surface area contributed by atoms with E-state index in [9.17, 15) is 4.79 Å². The first-order valence-corrected chi connectivity index (χ1v) is 11.0. The van der Waals surface area contributed by atoms with Gasteiger partial charge in [0.15, 0.2) is 28.3 Å². The molecule has 1 aliphatic rings. The van der Waals surface area contributed by atoms with Crippen LogP contribution in [0.25, 0.3) is 11.0 Å². The number of nitrogens with two attached hydrogens (primary N) is 1. The number of ether oxygens (including phenoxy) is 2. The van der Waals surface area contributed by atoms with Crippen molar-refractivity contribution < 1.29 is 14.3 Å². The lowest BCUT2D eigenvalue weighted by molar-refractivity contribution is 0.101. The molecule has 0 spiro atoms. The van der Waals surface area contributed by atoms with Crippen molar-refractivity contribution in [2.45, 2.75) is 44.3 Å². The molecule has 1 aliphatic heterocycles. The molecule has 0 aliphatic carbocycles. The molecule has 9 heteroatoms. The Labute approximate surface area is 185 Å². The predicted molar refractivity (Wildman–Crippen MR) is 121 cm³/mol. The number of anilines is 1. The first-order chi connectivity index (χ1) is 14.7. The summed E-state index contributed by atoms with van der Waals surface area (Å²) in [5.41, 5.74) is 8.44. The van der Waals surface area contributed by atoms with Gasteiger partial charge in [0, 0.05) is 36.3 Å². The Kier molecular flexibility index (Phi) is 5.81. The Morgan fingerprint density at radius 3 is 2.74 bits per heavy atom. The number of nitrogens with zero attached hydrogens (tertiary/aromatic N) is 3. The zero-order chi connectivity index (χ0) is 22.2. The largest absolute Gasteiger partial charge is 0.454 e. The minimum absolute atomic E-state index is 0.0449. The molecule has 164 valence electrons. The van der Waals surface area contributed by atoms with Gasteiger partial charge in [-0.1, -0.05) is 32.5 Å². The average molecular weight is 442 g/mol. The number of rotatable bonds is 7. The van der Waals surface area contributed by atoms with Crippen molar-refractivity contribution in [2.75, 3.05) is 25.6 Å². The summed E-state index contributed by atoms with van der Waals surface area (Å²) in [7, 11) is 0. The molecule has 0 atom stereocenters. The molecule has 3 aromatic rings. The lowest BCUT2D eigenvalue weighted by atomic mass is 9.97. The molecule has 0 amide bonds. The van der Waals surface area contributed by atoms with Gasteiger partial charge in [-0.2, -0.15) is 0 Å². The number of nitrogens with one attached hydrogen (secondary N) is 1. The van der Waals surface area contributed by atoms with Crippen LogP contribution >= 0.6 is 11.8 Å². The van der Waals surface area contributed by atoms with Crippen molar-refractivity contribution >= 4 is 34.4 Å². The van der Waals surface area contributed by atoms with Crippen LogP contribution in [0, 0.1) is 5.41 Å². The fraction of sp³-hybridized carbons (Fsp3) is 0.409. The van der Waals surface area contributed by atoms with Crippen molar-refractivity contribution in [1.82, 2.24) is 19.9 Å². The van der Waals surface area contributed by atoms with E-state index in [0.29, 0.717) is 34.9 Å². The summed E-state index contributed by atoms with van der Waals surface area (Å²) in [4.78, 5) is 22.0. The van der Waals surface area contributed by atoms with Gasteiger partial charge in [-0.15, -0.1) is 0 Å². The van der Waals surface area contributed by atoms with Gasteiger partial charge in [-0.25, -0.2) is 9.97 Å². The number of hydrogen-bond acceptors (Lipinski definition) is 8. The van der Waals surface area contributed by atoms with Gasteiger partial charge in [-0.05, 0) is 30.5 Å². The van der Waals surface area contributed by atoms with Crippen LogP contribution in [0.1, 0.15) is 38.1 Å². The summed E-state index contributed by atoms with van der Waals surface area (Å²) in [5, 5.41) is 4.25. The fourth-order valence-corrected chi connectivity index (χ4v) is 4.49. The predicted octanol–water partition coefficient (Wildman–Crippen LogP) is 3.73. The topological polar surface area (TPSA) is 104 Å². The summed E-state index contributed by atoms with van der Waals surface area (Å²) < 4.78 is 13.1. The Morgan fingerprint density at radius 2 is 2.03 bits per heavy atom. The average Bonchev–Trinajstić information content (AvgIpc) is 3.29.